The molecule has 0 saturated heterocycles. The summed E-state index contributed by atoms with van der Waals surface area (Å²) in [5.74, 6) is 0.221. The first-order valence-electron chi connectivity index (χ1n) is 6.49. The Hall–Kier alpha value is -1.26. The summed E-state index contributed by atoms with van der Waals surface area (Å²) in [6.45, 7) is 4.80. The molecule has 4 heteroatoms. The Morgan fingerprint density at radius 2 is 2.11 bits per heavy atom. The van der Waals surface area contributed by atoms with Crippen molar-refractivity contribution in [1.29, 1.82) is 0 Å². The predicted octanol–water partition coefficient (Wildman–Crippen LogP) is 2.32. The summed E-state index contributed by atoms with van der Waals surface area (Å²) in [6.07, 6.45) is 2.43. The van der Waals surface area contributed by atoms with Crippen LogP contribution < -0.4 is 5.32 Å². The van der Waals surface area contributed by atoms with E-state index < -0.39 is 0 Å². The lowest BCUT2D eigenvalue weighted by Crippen LogP contribution is -2.46. The second-order valence-electron chi connectivity index (χ2n) is 4.88. The number of aromatic hydroxyl groups is 2. The standard InChI is InChI=1S/C14H21NO3/c1-3-18-12-6-10(7-12)15-9(2)13-5-4-11(16)8-14(13)17/h4-5,8-10,12,15-17H,3,6-7H2,1-2H3. The van der Waals surface area contributed by atoms with Gasteiger partial charge in [-0.25, -0.2) is 0 Å². The summed E-state index contributed by atoms with van der Waals surface area (Å²) in [5, 5.41) is 22.5. The Balaban J connectivity index is 1.87. The number of ether oxygens (including phenoxy) is 1. The molecular weight excluding hydrogens is 230 g/mol. The average molecular weight is 251 g/mol. The molecule has 1 aliphatic rings. The van der Waals surface area contributed by atoms with Crippen LogP contribution in [0.1, 0.15) is 38.3 Å². The lowest BCUT2D eigenvalue weighted by Gasteiger charge is -2.37. The van der Waals surface area contributed by atoms with E-state index in [0.29, 0.717) is 12.1 Å². The number of benzene rings is 1. The van der Waals surface area contributed by atoms with Crippen molar-refractivity contribution in [3.05, 3.63) is 23.8 Å². The molecule has 1 aromatic carbocycles. The van der Waals surface area contributed by atoms with Gasteiger partial charge in [0.05, 0.1) is 6.10 Å². The van der Waals surface area contributed by atoms with Gasteiger partial charge < -0.3 is 20.3 Å². The number of phenols is 2. The van der Waals surface area contributed by atoms with Crippen LogP contribution in [0.25, 0.3) is 0 Å². The van der Waals surface area contributed by atoms with Gasteiger partial charge in [0.25, 0.3) is 0 Å². The SMILES string of the molecule is CCOC1CC(NC(C)c2ccc(O)cc2O)C1. The zero-order valence-corrected chi connectivity index (χ0v) is 10.9. The molecule has 1 unspecified atom stereocenters. The topological polar surface area (TPSA) is 61.7 Å². The summed E-state index contributed by atoms with van der Waals surface area (Å²) in [7, 11) is 0. The van der Waals surface area contributed by atoms with Gasteiger partial charge in [0.2, 0.25) is 0 Å². The highest BCUT2D eigenvalue weighted by Gasteiger charge is 2.30. The molecule has 0 spiro atoms. The van der Waals surface area contributed by atoms with Crippen molar-refractivity contribution in [2.75, 3.05) is 6.61 Å². The van der Waals surface area contributed by atoms with Crippen molar-refractivity contribution in [2.45, 2.75) is 44.9 Å². The molecule has 1 aromatic rings. The molecule has 1 fully saturated rings. The van der Waals surface area contributed by atoms with E-state index in [-0.39, 0.29) is 17.5 Å². The van der Waals surface area contributed by atoms with Crippen molar-refractivity contribution in [3.63, 3.8) is 0 Å². The van der Waals surface area contributed by atoms with Crippen LogP contribution in [0.2, 0.25) is 0 Å². The van der Waals surface area contributed by atoms with Crippen LogP contribution in [-0.2, 0) is 4.74 Å². The predicted molar refractivity (Wildman–Crippen MR) is 69.8 cm³/mol. The third-order valence-electron chi connectivity index (χ3n) is 3.46. The minimum Gasteiger partial charge on any atom is -0.508 e. The zero-order valence-electron chi connectivity index (χ0n) is 10.9. The lowest BCUT2D eigenvalue weighted by molar-refractivity contribution is -0.0120. The lowest BCUT2D eigenvalue weighted by atomic mass is 9.88. The summed E-state index contributed by atoms with van der Waals surface area (Å²) in [5.41, 5.74) is 0.813. The van der Waals surface area contributed by atoms with Gasteiger partial charge in [-0.2, -0.15) is 0 Å². The van der Waals surface area contributed by atoms with Crippen LogP contribution in [0, 0.1) is 0 Å². The Labute approximate surface area is 108 Å². The van der Waals surface area contributed by atoms with Crippen LogP contribution in [0.15, 0.2) is 18.2 Å². The van der Waals surface area contributed by atoms with E-state index in [1.807, 2.05) is 13.8 Å². The van der Waals surface area contributed by atoms with Crippen molar-refractivity contribution in [3.8, 4) is 11.5 Å². The summed E-state index contributed by atoms with van der Waals surface area (Å²) in [4.78, 5) is 0. The number of rotatable bonds is 5. The Morgan fingerprint density at radius 1 is 1.39 bits per heavy atom. The van der Waals surface area contributed by atoms with Gasteiger partial charge in [-0.1, -0.05) is 6.07 Å². The van der Waals surface area contributed by atoms with E-state index in [0.717, 1.165) is 25.0 Å². The molecule has 0 heterocycles. The van der Waals surface area contributed by atoms with Gasteiger partial charge in [0.15, 0.2) is 0 Å². The monoisotopic (exact) mass is 251 g/mol. The van der Waals surface area contributed by atoms with Crippen LogP contribution in [0.4, 0.5) is 0 Å². The Kier molecular flexibility index (Phi) is 4.09. The molecule has 3 N–H and O–H groups in total. The molecule has 100 valence electrons. The van der Waals surface area contributed by atoms with E-state index in [9.17, 15) is 10.2 Å². The van der Waals surface area contributed by atoms with Crippen LogP contribution >= 0.6 is 0 Å². The first kappa shape index (κ1) is 13.2. The maximum absolute atomic E-state index is 9.78. The highest BCUT2D eigenvalue weighted by Crippen LogP contribution is 2.31. The minimum absolute atomic E-state index is 0.0678. The molecule has 1 saturated carbocycles. The van der Waals surface area contributed by atoms with E-state index in [1.54, 1.807) is 12.1 Å². The van der Waals surface area contributed by atoms with Gasteiger partial charge in [-0.05, 0) is 32.8 Å². The number of hydrogen-bond acceptors (Lipinski definition) is 4. The highest BCUT2D eigenvalue weighted by atomic mass is 16.5. The molecule has 1 atom stereocenters. The minimum atomic E-state index is 0.0678. The molecule has 0 aliphatic heterocycles. The van der Waals surface area contributed by atoms with Crippen LogP contribution in [0.5, 0.6) is 11.5 Å². The first-order chi connectivity index (χ1) is 8.60. The van der Waals surface area contributed by atoms with Crippen molar-refractivity contribution >= 4 is 0 Å². The van der Waals surface area contributed by atoms with Crippen molar-refractivity contribution in [1.82, 2.24) is 5.32 Å². The fraction of sp³-hybridized carbons (Fsp3) is 0.571. The van der Waals surface area contributed by atoms with Crippen molar-refractivity contribution in [2.24, 2.45) is 0 Å². The Morgan fingerprint density at radius 3 is 2.72 bits per heavy atom. The maximum Gasteiger partial charge on any atom is 0.124 e. The summed E-state index contributed by atoms with van der Waals surface area (Å²) < 4.78 is 5.51. The number of nitrogens with one attached hydrogen (secondary N) is 1. The second kappa shape index (κ2) is 5.59. The van der Waals surface area contributed by atoms with E-state index in [4.69, 9.17) is 4.74 Å². The molecule has 18 heavy (non-hydrogen) atoms. The molecule has 4 nitrogen and oxygen atoms in total. The van der Waals surface area contributed by atoms with E-state index in [2.05, 4.69) is 5.32 Å². The van der Waals surface area contributed by atoms with Crippen molar-refractivity contribution < 1.29 is 14.9 Å². The highest BCUT2D eigenvalue weighted by molar-refractivity contribution is 5.40. The number of hydrogen-bond donors (Lipinski definition) is 3. The van der Waals surface area contributed by atoms with Gasteiger partial charge >= 0.3 is 0 Å². The maximum atomic E-state index is 9.78. The van der Waals surface area contributed by atoms with Gasteiger partial charge in [-0.15, -0.1) is 0 Å². The quantitative estimate of drug-likeness (QED) is 0.751. The third kappa shape index (κ3) is 2.94. The first-order valence-corrected chi connectivity index (χ1v) is 6.49. The third-order valence-corrected chi connectivity index (χ3v) is 3.46. The summed E-state index contributed by atoms with van der Waals surface area (Å²) in [6, 6.07) is 5.23. The Bertz CT molecular complexity index is 402. The summed E-state index contributed by atoms with van der Waals surface area (Å²) >= 11 is 0. The molecular formula is C14H21NO3. The van der Waals surface area contributed by atoms with Gasteiger partial charge in [0, 0.05) is 30.3 Å². The largest absolute Gasteiger partial charge is 0.508 e. The van der Waals surface area contributed by atoms with Crippen LogP contribution in [0.3, 0.4) is 0 Å². The van der Waals surface area contributed by atoms with Crippen LogP contribution in [-0.4, -0.2) is 29.0 Å². The van der Waals surface area contributed by atoms with Gasteiger partial charge in [-0.3, -0.25) is 0 Å². The van der Waals surface area contributed by atoms with E-state index in [1.165, 1.54) is 6.07 Å². The smallest absolute Gasteiger partial charge is 0.124 e. The molecule has 1 aliphatic carbocycles. The van der Waals surface area contributed by atoms with E-state index >= 15 is 0 Å². The average Bonchev–Trinajstić information content (AvgIpc) is 2.26. The fourth-order valence-corrected chi connectivity index (χ4v) is 2.42. The normalized spacial score (nSPS) is 24.6. The van der Waals surface area contributed by atoms with Gasteiger partial charge in [0.1, 0.15) is 11.5 Å². The zero-order chi connectivity index (χ0) is 13.1. The molecule has 0 bridgehead atoms. The second-order valence-corrected chi connectivity index (χ2v) is 4.88. The fourth-order valence-electron chi connectivity index (χ4n) is 2.42. The molecule has 2 rings (SSSR count). The molecule has 0 amide bonds. The molecule has 0 radical (unpaired) electrons. The number of phenolic OH excluding ortho intramolecular Hbond substituents is 2. The molecule has 0 aromatic heterocycles.